The van der Waals surface area contributed by atoms with Crippen molar-refractivity contribution >= 4 is 60.8 Å². The van der Waals surface area contributed by atoms with Crippen molar-refractivity contribution in [3.8, 4) is 0 Å². The first-order chi connectivity index (χ1) is 25.6. The number of aromatic nitrogens is 1. The number of hydrogen-bond donors (Lipinski definition) is 0. The molecule has 0 unspecified atom stereocenters. The van der Waals surface area contributed by atoms with Gasteiger partial charge < -0.3 is 14.0 Å². The standard InChI is InChI=1S/C36H35N3.2CHF3O3S/c1-37(2)32-18-17-29-22-26(13-14-30(29)24-32)11-12-27-23-31-16-15-28-8-7-21-38-19-5-3-9-33(38)35(28)36(31)34-10-4-6-20-39(34)25-27;2*2-1(3,4)8(5,6)7/h4,6,10-20,22-25H,3,5,7-9,21H2,1-2H3;2*(H,5,6,7)/q+2;;/p-2. The number of halogens is 6. The van der Waals surface area contributed by atoms with Gasteiger partial charge in [-0.15, -0.1) is 0 Å². The van der Waals surface area contributed by atoms with Crippen LogP contribution in [0.2, 0.25) is 0 Å². The Morgan fingerprint density at radius 2 is 1.42 bits per heavy atom. The van der Waals surface area contributed by atoms with Crippen LogP contribution in [0.15, 0.2) is 84.6 Å². The smallest absolute Gasteiger partial charge is 0.485 e. The monoisotopic (exact) mass is 807 g/mol. The molecule has 3 aromatic carbocycles. The average Bonchev–Trinajstić information content (AvgIpc) is 3.39. The zero-order valence-corrected chi connectivity index (χ0v) is 31.1. The third kappa shape index (κ3) is 9.89. The zero-order valence-electron chi connectivity index (χ0n) is 29.4. The molecule has 0 N–H and O–H groups in total. The number of aryl methyl sites for hydroxylation is 1. The number of anilines is 1. The van der Waals surface area contributed by atoms with Gasteiger partial charge in [0.25, 0.3) is 0 Å². The van der Waals surface area contributed by atoms with E-state index in [4.69, 9.17) is 25.9 Å². The molecule has 0 saturated heterocycles. The summed E-state index contributed by atoms with van der Waals surface area (Å²) in [7, 11) is -8.01. The Hall–Kier alpha value is -4.84. The second kappa shape index (κ2) is 16.1. The highest BCUT2D eigenvalue weighted by Gasteiger charge is 2.37. The van der Waals surface area contributed by atoms with Crippen molar-refractivity contribution in [2.24, 2.45) is 0 Å². The Labute approximate surface area is 313 Å². The van der Waals surface area contributed by atoms with Crippen LogP contribution in [0.4, 0.5) is 32.0 Å². The van der Waals surface area contributed by atoms with E-state index in [1.807, 2.05) is 0 Å². The van der Waals surface area contributed by atoms with Gasteiger partial charge in [-0.3, -0.25) is 0 Å². The molecule has 9 nitrogen and oxygen atoms in total. The molecule has 292 valence electrons. The molecule has 0 spiro atoms. The molecule has 1 aromatic heterocycles. The first-order valence-corrected chi connectivity index (χ1v) is 19.6. The minimum absolute atomic E-state index is 1.13. The lowest BCUT2D eigenvalue weighted by Gasteiger charge is -2.13. The average molecular weight is 808 g/mol. The summed E-state index contributed by atoms with van der Waals surface area (Å²) in [5.74, 6) is 0. The number of allylic oxidation sites excluding steroid dienone is 2. The van der Waals surface area contributed by atoms with Crippen LogP contribution in [0.25, 0.3) is 28.6 Å². The second-order valence-electron chi connectivity index (χ2n) is 13.0. The van der Waals surface area contributed by atoms with Crippen molar-refractivity contribution in [1.29, 1.82) is 0 Å². The van der Waals surface area contributed by atoms with Crippen LogP contribution in [0, 0.1) is 16.8 Å². The Morgan fingerprint density at radius 3 is 2.07 bits per heavy atom. The fourth-order valence-electron chi connectivity index (χ4n) is 6.38. The van der Waals surface area contributed by atoms with Crippen LogP contribution in [0.3, 0.4) is 0 Å². The summed E-state index contributed by atoms with van der Waals surface area (Å²) in [6, 6.07) is 24.7. The van der Waals surface area contributed by atoms with Gasteiger partial charge in [0.05, 0.1) is 10.4 Å². The first-order valence-electron chi connectivity index (χ1n) is 16.8. The highest BCUT2D eigenvalue weighted by atomic mass is 32.2. The van der Waals surface area contributed by atoms with Gasteiger partial charge in [0.1, 0.15) is 12.8 Å². The zero-order chi connectivity index (χ0) is 40.3. The van der Waals surface area contributed by atoms with Crippen LogP contribution in [0.1, 0.15) is 42.4 Å². The van der Waals surface area contributed by atoms with Crippen molar-refractivity contribution in [3.63, 3.8) is 0 Å². The number of rotatable bonds is 3. The molecule has 3 aliphatic heterocycles. The SMILES string of the molecule is CN(C)c1ccc2cc(C=CC3=Cc4ccc5c(c4=c4cccc[n+]4=C3)=C3CCCC=[N+]3CCC5)ccc2c1.O=S(=O)([O-])C(F)(F)F.O=S(=O)([O-])C(F)(F)F. The molecule has 55 heavy (non-hydrogen) atoms. The van der Waals surface area contributed by atoms with Crippen molar-refractivity contribution in [2.45, 2.75) is 43.1 Å². The van der Waals surface area contributed by atoms with E-state index in [9.17, 15) is 26.3 Å². The number of benzene rings is 3. The van der Waals surface area contributed by atoms with Gasteiger partial charge in [0.15, 0.2) is 38.3 Å². The number of hydrogen-bond acceptors (Lipinski definition) is 7. The third-order valence-electron chi connectivity index (χ3n) is 8.93. The Bertz CT molecular complexity index is 2630. The summed E-state index contributed by atoms with van der Waals surface area (Å²) in [4.78, 5) is 2.15. The Balaban J connectivity index is 0.000000306. The van der Waals surface area contributed by atoms with E-state index in [1.165, 1.54) is 79.5 Å². The lowest BCUT2D eigenvalue weighted by Crippen LogP contribution is -2.26. The molecule has 3 aliphatic rings. The van der Waals surface area contributed by atoms with E-state index in [2.05, 4.69) is 131 Å². The first kappa shape index (κ1) is 41.3. The van der Waals surface area contributed by atoms with Gasteiger partial charge in [0, 0.05) is 56.8 Å². The molecule has 17 heteroatoms. The fourth-order valence-corrected chi connectivity index (χ4v) is 6.38. The molecule has 0 fully saturated rings. The number of fused-ring (bicyclic) bond motifs is 6. The molecule has 0 bridgehead atoms. The topological polar surface area (TPSA) is 127 Å². The Kier molecular flexibility index (Phi) is 12.1. The molecule has 0 amide bonds. The molecule has 4 heterocycles. The number of alkyl halides is 6. The quantitative estimate of drug-likeness (QED) is 0.107. The predicted molar refractivity (Wildman–Crippen MR) is 194 cm³/mol. The highest BCUT2D eigenvalue weighted by Crippen LogP contribution is 2.25. The summed E-state index contributed by atoms with van der Waals surface area (Å²) in [5.41, 5.74) is -3.34. The molecule has 0 radical (unpaired) electrons. The molecule has 0 saturated carbocycles. The number of nitrogens with zero attached hydrogens (tertiary/aromatic N) is 3. The van der Waals surface area contributed by atoms with Gasteiger partial charge in [-0.05, 0) is 76.7 Å². The van der Waals surface area contributed by atoms with Crippen molar-refractivity contribution in [3.05, 3.63) is 123 Å². The number of pyridine rings is 1. The highest BCUT2D eigenvalue weighted by molar-refractivity contribution is 7.86. The van der Waals surface area contributed by atoms with Gasteiger partial charge in [0.2, 0.25) is 5.35 Å². The summed E-state index contributed by atoms with van der Waals surface area (Å²) in [6.45, 7) is 1.13. The van der Waals surface area contributed by atoms with Crippen LogP contribution in [-0.4, -0.2) is 68.4 Å². The van der Waals surface area contributed by atoms with Gasteiger partial charge in [-0.1, -0.05) is 36.4 Å². The van der Waals surface area contributed by atoms with Crippen LogP contribution in [-0.2, 0) is 26.7 Å². The van der Waals surface area contributed by atoms with E-state index in [0.717, 1.165) is 19.4 Å². The van der Waals surface area contributed by atoms with Crippen molar-refractivity contribution in [1.82, 2.24) is 0 Å². The minimum atomic E-state index is -6.09. The second-order valence-corrected chi connectivity index (χ2v) is 15.7. The van der Waals surface area contributed by atoms with E-state index in [1.54, 1.807) is 0 Å². The molecule has 7 rings (SSSR count). The lowest BCUT2D eigenvalue weighted by atomic mass is 9.97. The van der Waals surface area contributed by atoms with E-state index in [0.29, 0.717) is 0 Å². The molecular formula is C38H35F6N3O6S2. The summed E-state index contributed by atoms with van der Waals surface area (Å²) < 4.78 is 123. The predicted octanol–water partition coefficient (Wildman–Crippen LogP) is 6.02. The summed E-state index contributed by atoms with van der Waals surface area (Å²) in [5, 5.41) is 6.66. The lowest BCUT2D eigenvalue weighted by molar-refractivity contribution is -0.519. The van der Waals surface area contributed by atoms with E-state index < -0.39 is 31.3 Å². The normalized spacial score (nSPS) is 15.6. The van der Waals surface area contributed by atoms with Crippen molar-refractivity contribution in [2.75, 3.05) is 25.5 Å². The molecule has 4 aromatic rings. The maximum absolute atomic E-state index is 10.7. The van der Waals surface area contributed by atoms with Crippen LogP contribution in [0.5, 0.6) is 0 Å². The molecule has 0 atom stereocenters. The van der Waals surface area contributed by atoms with E-state index >= 15 is 0 Å². The minimum Gasteiger partial charge on any atom is -0.741 e. The largest absolute Gasteiger partial charge is 0.741 e. The fraction of sp³-hybridized carbons (Fsp3) is 0.263. The van der Waals surface area contributed by atoms with Crippen LogP contribution < -0.4 is 14.4 Å². The van der Waals surface area contributed by atoms with Gasteiger partial charge >= 0.3 is 11.0 Å². The van der Waals surface area contributed by atoms with Gasteiger partial charge in [-0.25, -0.2) is 21.4 Å². The maximum atomic E-state index is 10.7. The van der Waals surface area contributed by atoms with Crippen LogP contribution >= 0.6 is 0 Å². The molecule has 0 aliphatic carbocycles. The van der Waals surface area contributed by atoms with Gasteiger partial charge in [-0.2, -0.15) is 30.6 Å². The Morgan fingerprint density at radius 1 is 0.764 bits per heavy atom. The summed E-state index contributed by atoms with van der Waals surface area (Å²) >= 11 is 0. The maximum Gasteiger partial charge on any atom is 0.485 e. The van der Waals surface area contributed by atoms with Crippen molar-refractivity contribution < 1.29 is 61.1 Å². The van der Waals surface area contributed by atoms with E-state index in [-0.39, 0.29) is 0 Å². The third-order valence-corrected chi connectivity index (χ3v) is 10.1. The summed E-state index contributed by atoms with van der Waals surface area (Å²) in [6.07, 6.45) is 19.7. The molecular weight excluding hydrogens is 773 g/mol.